The minimum Gasteiger partial charge on any atom is -0.338 e. The lowest BCUT2D eigenvalue weighted by Gasteiger charge is -2.34. The lowest BCUT2D eigenvalue weighted by molar-refractivity contribution is 0.0685. The van der Waals surface area contributed by atoms with Crippen molar-refractivity contribution in [3.05, 3.63) is 17.5 Å². The summed E-state index contributed by atoms with van der Waals surface area (Å²) in [5.41, 5.74) is 1.65. The van der Waals surface area contributed by atoms with Crippen LogP contribution in [0, 0.1) is 0 Å². The van der Waals surface area contributed by atoms with E-state index in [9.17, 15) is 4.79 Å². The van der Waals surface area contributed by atoms with Gasteiger partial charge in [-0.05, 0) is 19.4 Å². The molecule has 0 spiro atoms. The normalized spacial score (nSPS) is 23.0. The molecule has 25 heavy (non-hydrogen) atoms. The topological polar surface area (TPSA) is 52.6 Å². The highest BCUT2D eigenvalue weighted by Gasteiger charge is 2.35. The second kappa shape index (κ2) is 7.28. The number of likely N-dealkylation sites (N-methyl/N-ethyl adjacent to an activating group) is 1. The third-order valence-corrected chi connectivity index (χ3v) is 6.03. The highest BCUT2D eigenvalue weighted by atomic mass is 16.2. The van der Waals surface area contributed by atoms with E-state index in [4.69, 9.17) is 4.98 Å². The van der Waals surface area contributed by atoms with E-state index in [2.05, 4.69) is 26.6 Å². The fourth-order valence-electron chi connectivity index (χ4n) is 4.37. The van der Waals surface area contributed by atoms with Crippen molar-refractivity contribution in [2.24, 2.45) is 0 Å². The first-order valence-electron chi connectivity index (χ1n) is 9.90. The van der Waals surface area contributed by atoms with Gasteiger partial charge in [0.25, 0.3) is 5.91 Å². The van der Waals surface area contributed by atoms with E-state index in [1.807, 2.05) is 0 Å². The van der Waals surface area contributed by atoms with Gasteiger partial charge in [-0.1, -0.05) is 32.6 Å². The van der Waals surface area contributed by atoms with Crippen LogP contribution in [0.15, 0.2) is 6.20 Å². The van der Waals surface area contributed by atoms with Crippen molar-refractivity contribution in [1.82, 2.24) is 19.8 Å². The lowest BCUT2D eigenvalue weighted by Crippen LogP contribution is -2.46. The van der Waals surface area contributed by atoms with Crippen LogP contribution in [-0.4, -0.2) is 64.4 Å². The number of amides is 1. The smallest absolute Gasteiger partial charge is 0.257 e. The summed E-state index contributed by atoms with van der Waals surface area (Å²) < 4.78 is 0. The Kier molecular flexibility index (Phi) is 4.88. The first kappa shape index (κ1) is 16.8. The first-order valence-corrected chi connectivity index (χ1v) is 9.90. The number of rotatable bonds is 3. The minimum atomic E-state index is 0.143. The molecule has 1 aromatic heterocycles. The molecular formula is C19H29N5O. The van der Waals surface area contributed by atoms with Gasteiger partial charge in [-0.25, -0.2) is 9.97 Å². The summed E-state index contributed by atoms with van der Waals surface area (Å²) in [6, 6.07) is 0.390. The first-order chi connectivity index (χ1) is 12.3. The van der Waals surface area contributed by atoms with Gasteiger partial charge in [0.2, 0.25) is 5.95 Å². The monoisotopic (exact) mass is 343 g/mol. The quantitative estimate of drug-likeness (QED) is 0.788. The molecule has 3 heterocycles. The molecule has 1 amide bonds. The molecule has 0 atom stereocenters. The summed E-state index contributed by atoms with van der Waals surface area (Å²) in [6.07, 6.45) is 9.13. The van der Waals surface area contributed by atoms with E-state index >= 15 is 0 Å². The Labute approximate surface area is 150 Å². The van der Waals surface area contributed by atoms with Gasteiger partial charge in [-0.3, -0.25) is 4.79 Å². The average Bonchev–Trinajstić information content (AvgIpc) is 2.83. The number of carbonyl (C=O) groups is 1. The molecule has 0 radical (unpaired) electrons. The molecule has 4 rings (SSSR count). The third kappa shape index (κ3) is 3.36. The number of aromatic nitrogens is 2. The molecule has 1 aromatic rings. The van der Waals surface area contributed by atoms with Gasteiger partial charge in [-0.15, -0.1) is 0 Å². The standard InChI is InChI=1S/C19H29N5O/c1-2-22-9-11-23(12-10-22)19-20-13-16-17(21-19)14-24(18(16)25)15-7-5-3-4-6-8-15/h13,15H,2-12,14H2,1H3. The second-order valence-electron chi connectivity index (χ2n) is 7.53. The predicted octanol–water partition coefficient (Wildman–Crippen LogP) is 2.30. The Morgan fingerprint density at radius 1 is 1.08 bits per heavy atom. The van der Waals surface area contributed by atoms with Crippen molar-refractivity contribution in [3.63, 3.8) is 0 Å². The molecule has 1 aliphatic carbocycles. The van der Waals surface area contributed by atoms with Gasteiger partial charge in [0.1, 0.15) is 0 Å². The van der Waals surface area contributed by atoms with Crippen molar-refractivity contribution in [2.75, 3.05) is 37.6 Å². The van der Waals surface area contributed by atoms with E-state index in [0.29, 0.717) is 12.6 Å². The molecule has 6 heteroatoms. The average molecular weight is 343 g/mol. The lowest BCUT2D eigenvalue weighted by atomic mass is 10.1. The number of anilines is 1. The molecule has 1 saturated heterocycles. The Hall–Kier alpha value is -1.69. The second-order valence-corrected chi connectivity index (χ2v) is 7.53. The summed E-state index contributed by atoms with van der Waals surface area (Å²) in [5.74, 6) is 0.939. The molecule has 0 unspecified atom stereocenters. The van der Waals surface area contributed by atoms with E-state index in [1.165, 1.54) is 25.7 Å². The predicted molar refractivity (Wildman–Crippen MR) is 97.7 cm³/mol. The Morgan fingerprint density at radius 3 is 2.48 bits per heavy atom. The zero-order valence-corrected chi connectivity index (χ0v) is 15.3. The number of nitrogens with zero attached hydrogens (tertiary/aromatic N) is 5. The summed E-state index contributed by atoms with van der Waals surface area (Å²) in [7, 11) is 0. The van der Waals surface area contributed by atoms with Crippen molar-refractivity contribution in [1.29, 1.82) is 0 Å². The molecule has 6 nitrogen and oxygen atoms in total. The van der Waals surface area contributed by atoms with Gasteiger partial charge in [0.05, 0.1) is 17.8 Å². The minimum absolute atomic E-state index is 0.143. The van der Waals surface area contributed by atoms with Gasteiger partial charge in [0.15, 0.2) is 0 Å². The number of fused-ring (bicyclic) bond motifs is 1. The summed E-state index contributed by atoms with van der Waals surface area (Å²) in [5, 5.41) is 0. The molecule has 0 aromatic carbocycles. The van der Waals surface area contributed by atoms with E-state index in [1.54, 1.807) is 6.20 Å². The molecule has 0 N–H and O–H groups in total. The zero-order chi connectivity index (χ0) is 17.2. The van der Waals surface area contributed by atoms with E-state index in [0.717, 1.165) is 62.8 Å². The number of hydrogen-bond donors (Lipinski definition) is 0. The molecule has 2 fully saturated rings. The van der Waals surface area contributed by atoms with Crippen LogP contribution in [0.5, 0.6) is 0 Å². The van der Waals surface area contributed by atoms with Gasteiger partial charge in [0, 0.05) is 38.4 Å². The zero-order valence-electron chi connectivity index (χ0n) is 15.3. The maximum absolute atomic E-state index is 12.8. The Balaban J connectivity index is 1.47. The van der Waals surface area contributed by atoms with Crippen LogP contribution in [0.3, 0.4) is 0 Å². The van der Waals surface area contributed by atoms with Crippen molar-refractivity contribution >= 4 is 11.9 Å². The fraction of sp³-hybridized carbons (Fsp3) is 0.737. The number of piperazine rings is 1. The summed E-state index contributed by atoms with van der Waals surface area (Å²) in [6.45, 7) is 8.02. The molecule has 136 valence electrons. The summed E-state index contributed by atoms with van der Waals surface area (Å²) >= 11 is 0. The highest BCUT2D eigenvalue weighted by Crippen LogP contribution is 2.30. The maximum Gasteiger partial charge on any atom is 0.257 e. The third-order valence-electron chi connectivity index (χ3n) is 6.03. The largest absolute Gasteiger partial charge is 0.338 e. The fourth-order valence-corrected chi connectivity index (χ4v) is 4.37. The van der Waals surface area contributed by atoms with Crippen LogP contribution in [-0.2, 0) is 6.54 Å². The van der Waals surface area contributed by atoms with Crippen LogP contribution >= 0.6 is 0 Å². The van der Waals surface area contributed by atoms with Crippen molar-refractivity contribution in [2.45, 2.75) is 58.0 Å². The van der Waals surface area contributed by atoms with Crippen LogP contribution in [0.1, 0.15) is 61.5 Å². The SMILES string of the molecule is CCN1CCN(c2ncc3c(n2)CN(C2CCCCCC2)C3=O)CC1. The van der Waals surface area contributed by atoms with Crippen LogP contribution in [0.2, 0.25) is 0 Å². The maximum atomic E-state index is 12.8. The highest BCUT2D eigenvalue weighted by molar-refractivity contribution is 5.97. The molecule has 3 aliphatic rings. The molecular weight excluding hydrogens is 314 g/mol. The molecule has 1 saturated carbocycles. The van der Waals surface area contributed by atoms with Crippen LogP contribution in [0.4, 0.5) is 5.95 Å². The summed E-state index contributed by atoms with van der Waals surface area (Å²) in [4.78, 5) is 28.9. The molecule has 2 aliphatic heterocycles. The van der Waals surface area contributed by atoms with Crippen LogP contribution in [0.25, 0.3) is 0 Å². The number of carbonyl (C=O) groups excluding carboxylic acids is 1. The van der Waals surface area contributed by atoms with Crippen molar-refractivity contribution in [3.8, 4) is 0 Å². The van der Waals surface area contributed by atoms with Crippen molar-refractivity contribution < 1.29 is 4.79 Å². The van der Waals surface area contributed by atoms with E-state index < -0.39 is 0 Å². The Bertz CT molecular complexity index is 618. The van der Waals surface area contributed by atoms with Gasteiger partial charge < -0.3 is 14.7 Å². The number of hydrogen-bond acceptors (Lipinski definition) is 5. The Morgan fingerprint density at radius 2 is 1.80 bits per heavy atom. The van der Waals surface area contributed by atoms with E-state index in [-0.39, 0.29) is 5.91 Å². The van der Waals surface area contributed by atoms with Gasteiger partial charge >= 0.3 is 0 Å². The van der Waals surface area contributed by atoms with Crippen LogP contribution < -0.4 is 4.90 Å². The van der Waals surface area contributed by atoms with Gasteiger partial charge in [-0.2, -0.15) is 0 Å². The molecule has 0 bridgehead atoms.